The second-order valence-corrected chi connectivity index (χ2v) is 7.53. The van der Waals surface area contributed by atoms with E-state index in [1.807, 2.05) is 0 Å². The molecule has 7 heteroatoms. The van der Waals surface area contributed by atoms with E-state index in [4.69, 9.17) is 0 Å². The first-order chi connectivity index (χ1) is 11.3. The van der Waals surface area contributed by atoms with Crippen LogP contribution in [0, 0.1) is 11.8 Å². The number of piperidine rings is 1. The van der Waals surface area contributed by atoms with Crippen molar-refractivity contribution in [3.63, 3.8) is 0 Å². The molecule has 24 heavy (non-hydrogen) atoms. The molecule has 1 saturated heterocycles. The molecule has 136 valence electrons. The van der Waals surface area contributed by atoms with Crippen LogP contribution in [0.4, 0.5) is 13.2 Å². The van der Waals surface area contributed by atoms with Gasteiger partial charge in [-0.3, -0.25) is 9.59 Å². The fourth-order valence-corrected chi connectivity index (χ4v) is 3.95. The van der Waals surface area contributed by atoms with Crippen LogP contribution in [0.1, 0.15) is 57.8 Å². The van der Waals surface area contributed by atoms with Crippen molar-refractivity contribution in [1.29, 1.82) is 0 Å². The van der Waals surface area contributed by atoms with Crippen molar-refractivity contribution in [2.75, 3.05) is 13.1 Å². The minimum atomic E-state index is -4.43. The highest BCUT2D eigenvalue weighted by Gasteiger charge is 2.56. The molecule has 1 unspecified atom stereocenters. The summed E-state index contributed by atoms with van der Waals surface area (Å²) in [6.45, 7) is 0.874. The van der Waals surface area contributed by atoms with Crippen molar-refractivity contribution < 1.29 is 22.8 Å². The predicted molar refractivity (Wildman–Crippen MR) is 82.0 cm³/mol. The van der Waals surface area contributed by atoms with Crippen LogP contribution in [-0.4, -0.2) is 41.5 Å². The van der Waals surface area contributed by atoms with Gasteiger partial charge in [0.05, 0.1) is 5.92 Å². The number of nitrogens with zero attached hydrogens (tertiary/aromatic N) is 1. The van der Waals surface area contributed by atoms with E-state index in [1.54, 1.807) is 4.90 Å². The molecule has 3 aliphatic rings. The van der Waals surface area contributed by atoms with E-state index in [9.17, 15) is 22.8 Å². The Kier molecular flexibility index (Phi) is 4.80. The maximum Gasteiger partial charge on any atom is 0.411 e. The normalized spacial score (nSPS) is 27.6. The Morgan fingerprint density at radius 3 is 2.21 bits per heavy atom. The molecule has 2 saturated carbocycles. The van der Waals surface area contributed by atoms with Gasteiger partial charge in [-0.2, -0.15) is 13.2 Å². The molecule has 2 aliphatic carbocycles. The molecule has 2 amide bonds. The molecule has 1 aliphatic heterocycles. The lowest BCUT2D eigenvalue weighted by Crippen LogP contribution is -2.61. The number of likely N-dealkylation sites (tertiary alicyclic amines) is 1. The molecule has 3 fully saturated rings. The predicted octanol–water partition coefficient (Wildman–Crippen LogP) is 3.02. The summed E-state index contributed by atoms with van der Waals surface area (Å²) in [7, 11) is 0. The molecule has 4 nitrogen and oxygen atoms in total. The van der Waals surface area contributed by atoms with Gasteiger partial charge in [0.2, 0.25) is 11.8 Å². The number of nitrogens with one attached hydrogen (secondary N) is 1. The Labute approximate surface area is 140 Å². The van der Waals surface area contributed by atoms with Crippen LogP contribution >= 0.6 is 0 Å². The molecule has 0 bridgehead atoms. The highest BCUT2D eigenvalue weighted by Crippen LogP contribution is 2.42. The summed E-state index contributed by atoms with van der Waals surface area (Å²) in [6.07, 6.45) is 0.242. The topological polar surface area (TPSA) is 49.4 Å². The zero-order valence-electron chi connectivity index (χ0n) is 13.8. The maximum absolute atomic E-state index is 13.6. The Morgan fingerprint density at radius 1 is 0.958 bits per heavy atom. The SMILES string of the molecule is O=C(NC1(C(F)(F)F)CCCCC1)C1CCCN(C(=O)C2CC2)C1. The van der Waals surface area contributed by atoms with Crippen LogP contribution in [0.3, 0.4) is 0 Å². The lowest BCUT2D eigenvalue weighted by molar-refractivity contribution is -0.207. The van der Waals surface area contributed by atoms with E-state index in [1.165, 1.54) is 0 Å². The summed E-state index contributed by atoms with van der Waals surface area (Å²) < 4.78 is 40.7. The van der Waals surface area contributed by atoms with E-state index in [0.29, 0.717) is 32.2 Å². The van der Waals surface area contributed by atoms with E-state index >= 15 is 0 Å². The number of carbonyl (C=O) groups excluding carboxylic acids is 2. The Morgan fingerprint density at radius 2 is 1.62 bits per heavy atom. The van der Waals surface area contributed by atoms with Crippen LogP contribution in [-0.2, 0) is 9.59 Å². The van der Waals surface area contributed by atoms with Gasteiger partial charge in [-0.1, -0.05) is 19.3 Å². The molecule has 3 rings (SSSR count). The van der Waals surface area contributed by atoms with Crippen molar-refractivity contribution in [3.05, 3.63) is 0 Å². The Balaban J connectivity index is 1.65. The quantitative estimate of drug-likeness (QED) is 0.854. The molecule has 0 radical (unpaired) electrons. The fourth-order valence-electron chi connectivity index (χ4n) is 3.95. The number of hydrogen-bond acceptors (Lipinski definition) is 2. The summed E-state index contributed by atoms with van der Waals surface area (Å²) in [5, 5.41) is 2.34. The summed E-state index contributed by atoms with van der Waals surface area (Å²) in [4.78, 5) is 26.4. The molecule has 1 N–H and O–H groups in total. The first kappa shape index (κ1) is 17.5. The van der Waals surface area contributed by atoms with Crippen LogP contribution in [0.25, 0.3) is 0 Å². The van der Waals surface area contributed by atoms with Gasteiger partial charge in [0.1, 0.15) is 5.54 Å². The number of alkyl halides is 3. The van der Waals surface area contributed by atoms with Gasteiger partial charge in [0, 0.05) is 19.0 Å². The minimum absolute atomic E-state index is 0.0420. The molecular weight excluding hydrogens is 321 g/mol. The van der Waals surface area contributed by atoms with E-state index in [0.717, 1.165) is 19.3 Å². The zero-order chi connectivity index (χ0) is 17.4. The molecule has 0 aromatic heterocycles. The molecule has 0 spiro atoms. The molecule has 0 aromatic rings. The van der Waals surface area contributed by atoms with Gasteiger partial charge in [-0.25, -0.2) is 0 Å². The largest absolute Gasteiger partial charge is 0.411 e. The lowest BCUT2D eigenvalue weighted by atomic mass is 9.80. The fraction of sp³-hybridized carbons (Fsp3) is 0.882. The average Bonchev–Trinajstić information content (AvgIpc) is 3.39. The third-order valence-corrected chi connectivity index (χ3v) is 5.64. The van der Waals surface area contributed by atoms with Crippen molar-refractivity contribution in [3.8, 4) is 0 Å². The summed E-state index contributed by atoms with van der Waals surface area (Å²) in [5.74, 6) is -0.924. The van der Waals surface area contributed by atoms with Crippen LogP contribution in [0.5, 0.6) is 0 Å². The van der Waals surface area contributed by atoms with Gasteiger partial charge in [-0.15, -0.1) is 0 Å². The first-order valence-corrected chi connectivity index (χ1v) is 9.00. The number of hydrogen-bond donors (Lipinski definition) is 1. The highest BCUT2D eigenvalue weighted by atomic mass is 19.4. The average molecular weight is 346 g/mol. The van der Waals surface area contributed by atoms with Crippen molar-refractivity contribution in [2.45, 2.75) is 69.5 Å². The monoisotopic (exact) mass is 346 g/mol. The first-order valence-electron chi connectivity index (χ1n) is 9.00. The van der Waals surface area contributed by atoms with Gasteiger partial charge < -0.3 is 10.2 Å². The molecule has 1 atom stereocenters. The third kappa shape index (κ3) is 3.54. The van der Waals surface area contributed by atoms with Crippen molar-refractivity contribution >= 4 is 11.8 Å². The van der Waals surface area contributed by atoms with Gasteiger partial charge in [0.15, 0.2) is 0 Å². The number of halogens is 3. The third-order valence-electron chi connectivity index (χ3n) is 5.64. The second-order valence-electron chi connectivity index (χ2n) is 7.53. The summed E-state index contributed by atoms with van der Waals surface area (Å²) in [6, 6.07) is 0. The lowest BCUT2D eigenvalue weighted by Gasteiger charge is -2.41. The Bertz CT molecular complexity index is 497. The number of amides is 2. The number of rotatable bonds is 3. The van der Waals surface area contributed by atoms with E-state index in [2.05, 4.69) is 5.32 Å². The Hall–Kier alpha value is -1.27. The van der Waals surface area contributed by atoms with Crippen molar-refractivity contribution in [1.82, 2.24) is 10.2 Å². The van der Waals surface area contributed by atoms with Crippen molar-refractivity contribution in [2.24, 2.45) is 11.8 Å². The number of carbonyl (C=O) groups is 2. The standard InChI is InChI=1S/C17H25F3N2O2/c18-17(19,20)16(8-2-1-3-9-16)21-14(23)13-5-4-10-22(11-13)15(24)12-6-7-12/h12-13H,1-11H2,(H,21,23). The van der Waals surface area contributed by atoms with Gasteiger partial charge in [0.25, 0.3) is 0 Å². The van der Waals surface area contributed by atoms with Gasteiger partial charge in [-0.05, 0) is 38.5 Å². The smallest absolute Gasteiger partial charge is 0.342 e. The molecule has 0 aromatic carbocycles. The van der Waals surface area contributed by atoms with Crippen LogP contribution in [0.15, 0.2) is 0 Å². The summed E-state index contributed by atoms with van der Waals surface area (Å²) >= 11 is 0. The van der Waals surface area contributed by atoms with Gasteiger partial charge >= 0.3 is 6.18 Å². The molecular formula is C17H25F3N2O2. The van der Waals surface area contributed by atoms with E-state index in [-0.39, 0.29) is 31.2 Å². The second kappa shape index (κ2) is 6.56. The van der Waals surface area contributed by atoms with Crippen LogP contribution < -0.4 is 5.32 Å². The summed E-state index contributed by atoms with van der Waals surface area (Å²) in [5.41, 5.74) is -2.08. The maximum atomic E-state index is 13.6. The zero-order valence-corrected chi connectivity index (χ0v) is 13.8. The van der Waals surface area contributed by atoms with Crippen LogP contribution in [0.2, 0.25) is 0 Å². The highest BCUT2D eigenvalue weighted by molar-refractivity contribution is 5.84. The van der Waals surface area contributed by atoms with E-state index < -0.39 is 23.5 Å². The minimum Gasteiger partial charge on any atom is -0.342 e. The molecule has 1 heterocycles.